The molecule has 108 valence electrons. The quantitative estimate of drug-likeness (QED) is 0.707. The Morgan fingerprint density at radius 1 is 1.32 bits per heavy atom. The van der Waals surface area contributed by atoms with Crippen LogP contribution in [0.5, 0.6) is 5.75 Å². The molecular weight excluding hydrogens is 256 g/mol. The molecule has 1 unspecified atom stereocenters. The highest BCUT2D eigenvalue weighted by atomic mass is 32.2. The second-order valence-electron chi connectivity index (χ2n) is 4.64. The average molecular weight is 282 g/mol. The molecule has 0 bridgehead atoms. The molecule has 2 N–H and O–H groups in total. The predicted octanol–water partition coefficient (Wildman–Crippen LogP) is 2.60. The van der Waals surface area contributed by atoms with Gasteiger partial charge in [0.2, 0.25) is 0 Å². The van der Waals surface area contributed by atoms with Gasteiger partial charge in [-0.2, -0.15) is 11.8 Å². The third-order valence-corrected chi connectivity index (χ3v) is 4.22. The molecule has 1 aromatic carbocycles. The summed E-state index contributed by atoms with van der Waals surface area (Å²) in [5.41, 5.74) is 7.18. The first kappa shape index (κ1) is 16.3. The molecule has 0 aromatic heterocycles. The van der Waals surface area contributed by atoms with Crippen LogP contribution in [0.25, 0.3) is 0 Å². The van der Waals surface area contributed by atoms with E-state index in [2.05, 4.69) is 31.0 Å². The number of methoxy groups -OCH3 is 1. The van der Waals surface area contributed by atoms with E-state index in [4.69, 9.17) is 10.5 Å². The summed E-state index contributed by atoms with van der Waals surface area (Å²) in [6.45, 7) is 3.85. The lowest BCUT2D eigenvalue weighted by molar-refractivity contribution is 0.234. The molecule has 0 fully saturated rings. The Kier molecular flexibility index (Phi) is 7.94. The molecule has 0 saturated heterocycles. The minimum atomic E-state index is 0.459. The van der Waals surface area contributed by atoms with Gasteiger partial charge in [-0.05, 0) is 42.7 Å². The monoisotopic (exact) mass is 282 g/mol. The van der Waals surface area contributed by atoms with Crippen LogP contribution >= 0.6 is 11.8 Å². The van der Waals surface area contributed by atoms with Gasteiger partial charge in [-0.1, -0.05) is 19.1 Å². The van der Waals surface area contributed by atoms with Gasteiger partial charge >= 0.3 is 0 Å². The summed E-state index contributed by atoms with van der Waals surface area (Å²) in [6.07, 6.45) is 1.15. The first-order chi connectivity index (χ1) is 9.21. The lowest BCUT2D eigenvalue weighted by Crippen LogP contribution is -2.37. The standard InChI is InChI=1S/C15H26N2OS/c1-4-19-10-9-14(11-16)17(2)12-13-5-7-15(18-3)8-6-13/h5-8,14H,4,9-12,16H2,1-3H3. The van der Waals surface area contributed by atoms with Crippen molar-refractivity contribution in [1.29, 1.82) is 0 Å². The van der Waals surface area contributed by atoms with E-state index in [0.717, 1.165) is 25.3 Å². The highest BCUT2D eigenvalue weighted by molar-refractivity contribution is 7.99. The van der Waals surface area contributed by atoms with Crippen molar-refractivity contribution >= 4 is 11.8 Å². The Hall–Kier alpha value is -0.710. The third-order valence-electron chi connectivity index (χ3n) is 3.29. The molecule has 0 saturated carbocycles. The largest absolute Gasteiger partial charge is 0.497 e. The second kappa shape index (κ2) is 9.23. The lowest BCUT2D eigenvalue weighted by Gasteiger charge is -2.27. The smallest absolute Gasteiger partial charge is 0.118 e. The summed E-state index contributed by atoms with van der Waals surface area (Å²) in [4.78, 5) is 2.35. The molecule has 0 radical (unpaired) electrons. The molecule has 1 rings (SSSR count). The summed E-state index contributed by atoms with van der Waals surface area (Å²) in [5.74, 6) is 3.27. The number of benzene rings is 1. The van der Waals surface area contributed by atoms with Crippen LogP contribution < -0.4 is 10.5 Å². The Labute approximate surface area is 121 Å². The van der Waals surface area contributed by atoms with Crippen LogP contribution in [-0.4, -0.2) is 43.1 Å². The van der Waals surface area contributed by atoms with E-state index >= 15 is 0 Å². The van der Waals surface area contributed by atoms with E-state index in [1.54, 1.807) is 7.11 Å². The van der Waals surface area contributed by atoms with Crippen molar-refractivity contribution in [2.24, 2.45) is 5.73 Å². The zero-order valence-corrected chi connectivity index (χ0v) is 13.1. The molecule has 0 aliphatic heterocycles. The van der Waals surface area contributed by atoms with Gasteiger partial charge in [-0.15, -0.1) is 0 Å². The van der Waals surface area contributed by atoms with Gasteiger partial charge in [0.1, 0.15) is 5.75 Å². The van der Waals surface area contributed by atoms with E-state index in [-0.39, 0.29) is 0 Å². The molecule has 1 aromatic rings. The fourth-order valence-corrected chi connectivity index (χ4v) is 2.76. The maximum absolute atomic E-state index is 5.88. The zero-order chi connectivity index (χ0) is 14.1. The van der Waals surface area contributed by atoms with Crippen molar-refractivity contribution < 1.29 is 4.74 Å². The van der Waals surface area contributed by atoms with Crippen molar-refractivity contribution in [2.75, 3.05) is 32.2 Å². The van der Waals surface area contributed by atoms with Crippen molar-refractivity contribution in [3.05, 3.63) is 29.8 Å². The van der Waals surface area contributed by atoms with Gasteiger partial charge in [0.15, 0.2) is 0 Å². The van der Waals surface area contributed by atoms with E-state index in [1.807, 2.05) is 23.9 Å². The number of ether oxygens (including phenoxy) is 1. The molecule has 4 heteroatoms. The van der Waals surface area contributed by atoms with Gasteiger partial charge in [0, 0.05) is 19.1 Å². The van der Waals surface area contributed by atoms with Crippen LogP contribution in [0.3, 0.4) is 0 Å². The fraction of sp³-hybridized carbons (Fsp3) is 0.600. The van der Waals surface area contributed by atoms with Crippen LogP contribution in [0.15, 0.2) is 24.3 Å². The SMILES string of the molecule is CCSCCC(CN)N(C)Cc1ccc(OC)cc1. The van der Waals surface area contributed by atoms with Crippen molar-refractivity contribution in [3.8, 4) is 5.75 Å². The minimum absolute atomic E-state index is 0.459. The van der Waals surface area contributed by atoms with Crippen LogP contribution in [-0.2, 0) is 6.54 Å². The first-order valence-electron chi connectivity index (χ1n) is 6.82. The van der Waals surface area contributed by atoms with Crippen LogP contribution in [0.2, 0.25) is 0 Å². The van der Waals surface area contributed by atoms with Crippen LogP contribution in [0.1, 0.15) is 18.9 Å². The van der Waals surface area contributed by atoms with Gasteiger partial charge in [-0.25, -0.2) is 0 Å². The van der Waals surface area contributed by atoms with Gasteiger partial charge in [0.05, 0.1) is 7.11 Å². The van der Waals surface area contributed by atoms with Gasteiger partial charge < -0.3 is 10.5 Å². The summed E-state index contributed by atoms with van der Waals surface area (Å²) in [7, 11) is 3.84. The van der Waals surface area contributed by atoms with Crippen molar-refractivity contribution in [2.45, 2.75) is 25.9 Å². The van der Waals surface area contributed by atoms with Crippen molar-refractivity contribution in [1.82, 2.24) is 4.90 Å². The lowest BCUT2D eigenvalue weighted by atomic mass is 10.1. The Balaban J connectivity index is 2.47. The molecule has 19 heavy (non-hydrogen) atoms. The molecule has 0 heterocycles. The average Bonchev–Trinajstić information content (AvgIpc) is 2.44. The molecule has 1 atom stereocenters. The summed E-state index contributed by atoms with van der Waals surface area (Å²) >= 11 is 1.98. The number of hydrogen-bond donors (Lipinski definition) is 1. The zero-order valence-electron chi connectivity index (χ0n) is 12.3. The number of hydrogen-bond acceptors (Lipinski definition) is 4. The molecule has 0 aliphatic rings. The third kappa shape index (κ3) is 5.85. The topological polar surface area (TPSA) is 38.5 Å². The van der Waals surface area contributed by atoms with E-state index in [1.165, 1.54) is 17.1 Å². The predicted molar refractivity (Wildman–Crippen MR) is 84.9 cm³/mol. The van der Waals surface area contributed by atoms with E-state index < -0.39 is 0 Å². The number of nitrogens with two attached hydrogens (primary N) is 1. The van der Waals surface area contributed by atoms with Crippen molar-refractivity contribution in [3.63, 3.8) is 0 Å². The van der Waals surface area contributed by atoms with Crippen LogP contribution in [0.4, 0.5) is 0 Å². The molecular formula is C15H26N2OS. The minimum Gasteiger partial charge on any atom is -0.497 e. The van der Waals surface area contributed by atoms with Gasteiger partial charge in [-0.3, -0.25) is 4.90 Å². The first-order valence-corrected chi connectivity index (χ1v) is 7.97. The fourth-order valence-electron chi connectivity index (χ4n) is 2.03. The second-order valence-corrected chi connectivity index (χ2v) is 6.03. The molecule has 0 amide bonds. The number of nitrogens with zero attached hydrogens (tertiary/aromatic N) is 1. The Bertz CT molecular complexity index is 343. The number of thioether (sulfide) groups is 1. The molecule has 0 aliphatic carbocycles. The van der Waals surface area contributed by atoms with Gasteiger partial charge in [0.25, 0.3) is 0 Å². The molecule has 0 spiro atoms. The van der Waals surface area contributed by atoms with Crippen LogP contribution in [0, 0.1) is 0 Å². The maximum Gasteiger partial charge on any atom is 0.118 e. The number of rotatable bonds is 9. The highest BCUT2D eigenvalue weighted by Gasteiger charge is 2.13. The molecule has 3 nitrogen and oxygen atoms in total. The van der Waals surface area contributed by atoms with E-state index in [0.29, 0.717) is 6.04 Å². The number of likely N-dealkylation sites (N-methyl/N-ethyl adjacent to an activating group) is 1. The summed E-state index contributed by atoms with van der Waals surface area (Å²) in [5, 5.41) is 0. The maximum atomic E-state index is 5.88. The highest BCUT2D eigenvalue weighted by Crippen LogP contribution is 2.15. The van der Waals surface area contributed by atoms with E-state index in [9.17, 15) is 0 Å². The Morgan fingerprint density at radius 3 is 2.53 bits per heavy atom. The summed E-state index contributed by atoms with van der Waals surface area (Å²) in [6, 6.07) is 8.70. The summed E-state index contributed by atoms with van der Waals surface area (Å²) < 4.78 is 5.17. The normalized spacial score (nSPS) is 12.7. The Morgan fingerprint density at radius 2 is 2.00 bits per heavy atom.